The van der Waals surface area contributed by atoms with E-state index in [1.807, 2.05) is 0 Å². The first-order valence-electron chi connectivity index (χ1n) is 12.0. The Kier molecular flexibility index (Phi) is 12.8. The van der Waals surface area contributed by atoms with Crippen molar-refractivity contribution in [2.75, 3.05) is 0 Å². The van der Waals surface area contributed by atoms with Crippen molar-refractivity contribution in [1.82, 2.24) is 0 Å². The molecule has 0 spiro atoms. The Morgan fingerprint density at radius 3 is 1.47 bits per heavy atom. The Bertz CT molecular complexity index is 993. The lowest BCUT2D eigenvalue weighted by atomic mass is 9.98. The molecule has 0 radical (unpaired) electrons. The Morgan fingerprint density at radius 2 is 1.03 bits per heavy atom. The van der Waals surface area contributed by atoms with Crippen LogP contribution in [0.2, 0.25) is 0 Å². The molecule has 0 bridgehead atoms. The molecule has 0 aliphatic rings. The first-order chi connectivity index (χ1) is 17.0. The molecule has 2 aromatic rings. The number of aromatic hydroxyl groups is 6. The van der Waals surface area contributed by atoms with Gasteiger partial charge in [0.05, 0.1) is 11.1 Å². The summed E-state index contributed by atoms with van der Waals surface area (Å²) in [6.07, 6.45) is 12.0. The summed E-state index contributed by atoms with van der Waals surface area (Å²) in [5.41, 5.74) is -0.251. The monoisotopic (exact) mass is 508 g/mol. The number of benzene rings is 2. The molecule has 0 saturated heterocycles. The third-order valence-corrected chi connectivity index (χ3v) is 5.69. The van der Waals surface area contributed by atoms with Crippen LogP contribution in [0, 0.1) is 0 Å². The molecular formula is C26H36O10. The maximum atomic E-state index is 11.2. The smallest absolute Gasteiger partial charge is 0.336 e. The maximum Gasteiger partial charge on any atom is 0.336 e. The lowest BCUT2D eigenvalue weighted by molar-refractivity contribution is 0.0684. The molecule has 0 aliphatic carbocycles. The second kappa shape index (κ2) is 15.2. The van der Waals surface area contributed by atoms with Crippen molar-refractivity contribution in [1.29, 1.82) is 0 Å². The zero-order valence-electron chi connectivity index (χ0n) is 20.4. The SMILES string of the molecule is CCCCCCCCCCCCc1c(C(=O)O)cc(O)c(O)c1O.O=C(O)c1cc(O)c(O)c(O)c1. The highest BCUT2D eigenvalue weighted by atomic mass is 16.4. The molecule has 0 saturated carbocycles. The van der Waals surface area contributed by atoms with Crippen LogP contribution in [-0.4, -0.2) is 52.8 Å². The van der Waals surface area contributed by atoms with E-state index in [4.69, 9.17) is 25.5 Å². The standard InChI is InChI=1S/C19H30O5.C7H6O5/c1-2-3-4-5-6-7-8-9-10-11-12-14-15(19(23)24)13-16(20)18(22)17(14)21;8-4-1-3(7(11)12)2-5(9)6(4)10/h13,20-22H,2-12H2,1H3,(H,23,24);1-2,8-10H,(H,11,12). The third-order valence-electron chi connectivity index (χ3n) is 5.69. The largest absolute Gasteiger partial charge is 0.504 e. The van der Waals surface area contributed by atoms with Crippen LogP contribution in [0.15, 0.2) is 18.2 Å². The summed E-state index contributed by atoms with van der Waals surface area (Å²) >= 11 is 0. The molecule has 10 nitrogen and oxygen atoms in total. The van der Waals surface area contributed by atoms with Gasteiger partial charge in [0.2, 0.25) is 5.75 Å². The van der Waals surface area contributed by atoms with Crippen LogP contribution >= 0.6 is 0 Å². The zero-order chi connectivity index (χ0) is 27.3. The highest BCUT2D eigenvalue weighted by Crippen LogP contribution is 2.40. The first-order valence-corrected chi connectivity index (χ1v) is 12.0. The van der Waals surface area contributed by atoms with E-state index in [2.05, 4.69) is 6.92 Å². The molecule has 0 aliphatic heterocycles. The van der Waals surface area contributed by atoms with Gasteiger partial charge in [-0.3, -0.25) is 0 Å². The van der Waals surface area contributed by atoms with E-state index in [-0.39, 0.29) is 16.7 Å². The minimum Gasteiger partial charge on any atom is -0.504 e. The van der Waals surface area contributed by atoms with E-state index >= 15 is 0 Å². The highest BCUT2D eigenvalue weighted by molar-refractivity contribution is 5.91. The van der Waals surface area contributed by atoms with Crippen molar-refractivity contribution in [2.45, 2.75) is 77.6 Å². The predicted molar refractivity (Wildman–Crippen MR) is 132 cm³/mol. The van der Waals surface area contributed by atoms with Crippen molar-refractivity contribution in [3.05, 3.63) is 34.9 Å². The number of hydrogen-bond acceptors (Lipinski definition) is 8. The van der Waals surface area contributed by atoms with Gasteiger partial charge in [-0.05, 0) is 31.0 Å². The summed E-state index contributed by atoms with van der Waals surface area (Å²) in [5.74, 6) is -6.34. The molecule has 0 aromatic heterocycles. The lowest BCUT2D eigenvalue weighted by Gasteiger charge is -2.11. The molecule has 0 atom stereocenters. The van der Waals surface area contributed by atoms with Crippen molar-refractivity contribution in [3.8, 4) is 34.5 Å². The average Bonchev–Trinajstić information content (AvgIpc) is 2.83. The zero-order valence-corrected chi connectivity index (χ0v) is 20.4. The Labute approximate surface area is 209 Å². The van der Waals surface area contributed by atoms with Crippen LogP contribution in [0.4, 0.5) is 0 Å². The number of carboxylic acid groups (broad SMARTS) is 2. The summed E-state index contributed by atoms with van der Waals surface area (Å²) in [4.78, 5) is 21.5. The number of carboxylic acids is 2. The number of phenolic OH excluding ortho intramolecular Hbond substituents is 6. The predicted octanol–water partition coefficient (Wildman–Crippen LogP) is 5.47. The van der Waals surface area contributed by atoms with Crippen molar-refractivity contribution >= 4 is 11.9 Å². The molecule has 2 aromatic carbocycles. The molecule has 36 heavy (non-hydrogen) atoms. The molecule has 0 amide bonds. The maximum absolute atomic E-state index is 11.2. The number of phenols is 6. The molecule has 0 heterocycles. The van der Waals surface area contributed by atoms with Gasteiger partial charge in [-0.1, -0.05) is 64.7 Å². The number of hydrogen-bond donors (Lipinski definition) is 8. The van der Waals surface area contributed by atoms with Crippen LogP contribution < -0.4 is 0 Å². The van der Waals surface area contributed by atoms with Gasteiger partial charge in [0.15, 0.2) is 28.7 Å². The Morgan fingerprint density at radius 1 is 0.583 bits per heavy atom. The van der Waals surface area contributed by atoms with Gasteiger partial charge in [0.25, 0.3) is 0 Å². The summed E-state index contributed by atoms with van der Waals surface area (Å²) < 4.78 is 0. The van der Waals surface area contributed by atoms with Gasteiger partial charge in [0.1, 0.15) is 0 Å². The average molecular weight is 509 g/mol. The van der Waals surface area contributed by atoms with Crippen molar-refractivity contribution in [3.63, 3.8) is 0 Å². The van der Waals surface area contributed by atoms with Gasteiger partial charge in [-0.25, -0.2) is 9.59 Å². The normalized spacial score (nSPS) is 10.5. The highest BCUT2D eigenvalue weighted by Gasteiger charge is 2.20. The summed E-state index contributed by atoms with van der Waals surface area (Å²) in [6, 6.07) is 2.68. The van der Waals surface area contributed by atoms with E-state index in [0.29, 0.717) is 6.42 Å². The van der Waals surface area contributed by atoms with E-state index in [1.165, 1.54) is 44.9 Å². The Balaban J connectivity index is 0.000000450. The van der Waals surface area contributed by atoms with Crippen LogP contribution in [0.25, 0.3) is 0 Å². The van der Waals surface area contributed by atoms with Crippen LogP contribution in [0.3, 0.4) is 0 Å². The molecular weight excluding hydrogens is 472 g/mol. The van der Waals surface area contributed by atoms with E-state index < -0.39 is 46.4 Å². The number of rotatable bonds is 13. The fourth-order valence-corrected chi connectivity index (χ4v) is 3.64. The quantitative estimate of drug-likeness (QED) is 0.127. The number of carbonyl (C=O) groups is 2. The second-order valence-electron chi connectivity index (χ2n) is 8.52. The third kappa shape index (κ3) is 9.44. The molecule has 0 unspecified atom stereocenters. The second-order valence-corrected chi connectivity index (χ2v) is 8.52. The first kappa shape index (κ1) is 30.2. The molecule has 10 heteroatoms. The molecule has 200 valence electrons. The fraction of sp³-hybridized carbons (Fsp3) is 0.462. The molecule has 8 N–H and O–H groups in total. The van der Waals surface area contributed by atoms with Crippen LogP contribution in [0.1, 0.15) is 97.4 Å². The van der Waals surface area contributed by atoms with E-state index in [1.54, 1.807) is 0 Å². The molecule has 0 fully saturated rings. The van der Waals surface area contributed by atoms with Gasteiger partial charge >= 0.3 is 11.9 Å². The van der Waals surface area contributed by atoms with Gasteiger partial charge in [0, 0.05) is 5.56 Å². The van der Waals surface area contributed by atoms with Gasteiger partial charge in [-0.2, -0.15) is 0 Å². The van der Waals surface area contributed by atoms with Crippen molar-refractivity contribution < 1.29 is 50.4 Å². The van der Waals surface area contributed by atoms with Gasteiger partial charge in [-0.15, -0.1) is 0 Å². The summed E-state index contributed by atoms with van der Waals surface area (Å²) in [7, 11) is 0. The topological polar surface area (TPSA) is 196 Å². The minimum atomic E-state index is -1.29. The fourth-order valence-electron chi connectivity index (χ4n) is 3.64. The summed E-state index contributed by atoms with van der Waals surface area (Å²) in [5, 5.41) is 73.0. The van der Waals surface area contributed by atoms with E-state index in [9.17, 15) is 24.9 Å². The minimum absolute atomic E-state index is 0.154. The Hall–Kier alpha value is -3.82. The van der Waals surface area contributed by atoms with Gasteiger partial charge < -0.3 is 40.9 Å². The molecule has 2 rings (SSSR count). The lowest BCUT2D eigenvalue weighted by Crippen LogP contribution is -2.03. The van der Waals surface area contributed by atoms with Crippen LogP contribution in [-0.2, 0) is 6.42 Å². The number of unbranched alkanes of at least 4 members (excludes halogenated alkanes) is 9. The van der Waals surface area contributed by atoms with Crippen molar-refractivity contribution in [2.24, 2.45) is 0 Å². The summed E-state index contributed by atoms with van der Waals surface area (Å²) in [6.45, 7) is 2.21. The number of aromatic carboxylic acids is 2. The van der Waals surface area contributed by atoms with E-state index in [0.717, 1.165) is 37.5 Å². The van der Waals surface area contributed by atoms with Crippen LogP contribution in [0.5, 0.6) is 34.5 Å².